The molecule has 0 unspecified atom stereocenters. The minimum atomic E-state index is -0.106. The lowest BCUT2D eigenvalue weighted by Gasteiger charge is -1.98. The van der Waals surface area contributed by atoms with Crippen LogP contribution in [0.3, 0.4) is 0 Å². The Morgan fingerprint density at radius 2 is 1.93 bits per heavy atom. The van der Waals surface area contributed by atoms with E-state index in [4.69, 9.17) is 0 Å². The molecular weight excluding hydrogens is 180 g/mol. The van der Waals surface area contributed by atoms with E-state index in [0.717, 1.165) is 11.0 Å². The van der Waals surface area contributed by atoms with Gasteiger partial charge in [0.25, 0.3) is 0 Å². The average Bonchev–Trinajstić information content (AvgIpc) is 2.59. The van der Waals surface area contributed by atoms with E-state index in [1.807, 2.05) is 24.3 Å². The summed E-state index contributed by atoms with van der Waals surface area (Å²) < 4.78 is 0. The van der Waals surface area contributed by atoms with Crippen molar-refractivity contribution in [2.45, 2.75) is 13.3 Å². The Balaban J connectivity index is 2.31. The summed E-state index contributed by atoms with van der Waals surface area (Å²) in [5.74, 6) is -0.106. The second kappa shape index (κ2) is 3.45. The smallest absolute Gasteiger partial charge is 0.241 e. The Kier molecular flexibility index (Phi) is 2.14. The lowest BCUT2D eigenvalue weighted by molar-refractivity contribution is -0.117. The number of aromatic nitrogens is 3. The minimum absolute atomic E-state index is 0.106. The Bertz CT molecular complexity index is 430. The van der Waals surface area contributed by atoms with E-state index in [0.29, 0.717) is 6.42 Å². The molecule has 2 rings (SSSR count). The normalized spacial score (nSPS) is 10.4. The van der Waals surface area contributed by atoms with Gasteiger partial charge >= 0.3 is 0 Å². The molecule has 2 aromatic rings. The maximum absolute atomic E-state index is 11.0. The fourth-order valence-electron chi connectivity index (χ4n) is 1.10. The molecule has 1 N–H and O–H groups in total. The van der Waals surface area contributed by atoms with Crippen molar-refractivity contribution in [2.24, 2.45) is 0 Å². The highest BCUT2D eigenvalue weighted by molar-refractivity contribution is 5.83. The fourth-order valence-corrected chi connectivity index (χ4v) is 1.10. The van der Waals surface area contributed by atoms with Crippen molar-refractivity contribution < 1.29 is 4.79 Å². The van der Waals surface area contributed by atoms with E-state index in [-0.39, 0.29) is 5.91 Å². The van der Waals surface area contributed by atoms with E-state index in [9.17, 15) is 4.79 Å². The second-order valence-electron chi connectivity index (χ2n) is 2.87. The van der Waals surface area contributed by atoms with Gasteiger partial charge in [0.1, 0.15) is 11.0 Å². The van der Waals surface area contributed by atoms with Gasteiger partial charge < -0.3 is 0 Å². The first-order valence-corrected chi connectivity index (χ1v) is 4.41. The highest BCUT2D eigenvalue weighted by atomic mass is 16.2. The van der Waals surface area contributed by atoms with Crippen LogP contribution in [-0.2, 0) is 4.79 Å². The van der Waals surface area contributed by atoms with E-state index in [1.165, 1.54) is 4.91 Å². The number of nitrogens with zero attached hydrogens (tertiary/aromatic N) is 3. The predicted octanol–water partition coefficient (Wildman–Crippen LogP) is 0.911. The van der Waals surface area contributed by atoms with Crippen LogP contribution in [0.5, 0.6) is 0 Å². The topological polar surface area (TPSA) is 59.8 Å². The summed E-state index contributed by atoms with van der Waals surface area (Å²) in [4.78, 5) is 12.3. The third-order valence-electron chi connectivity index (χ3n) is 1.83. The molecule has 14 heavy (non-hydrogen) atoms. The summed E-state index contributed by atoms with van der Waals surface area (Å²) >= 11 is 0. The molecule has 1 heterocycles. The molecular formula is C9H10N4O. The van der Waals surface area contributed by atoms with Crippen molar-refractivity contribution >= 4 is 16.9 Å². The number of carbonyl (C=O) groups excluding carboxylic acids is 1. The molecule has 1 aromatic carbocycles. The third-order valence-corrected chi connectivity index (χ3v) is 1.83. The van der Waals surface area contributed by atoms with Crippen molar-refractivity contribution in [3.63, 3.8) is 0 Å². The molecule has 0 aliphatic carbocycles. The number of benzene rings is 1. The molecule has 0 spiro atoms. The Morgan fingerprint density at radius 1 is 1.36 bits per heavy atom. The highest BCUT2D eigenvalue weighted by Crippen LogP contribution is 2.05. The number of carbonyl (C=O) groups is 1. The standard InChI is InChI=1S/C9H10N4O/c1-2-9(14)12-13-10-7-5-3-4-6-8(7)11-13/h3-6H,2H2,1H3,(H,12,14). The highest BCUT2D eigenvalue weighted by Gasteiger charge is 2.02. The first-order valence-electron chi connectivity index (χ1n) is 4.41. The average molecular weight is 190 g/mol. The van der Waals surface area contributed by atoms with Crippen LogP contribution in [0.1, 0.15) is 13.3 Å². The van der Waals surface area contributed by atoms with E-state index in [2.05, 4.69) is 15.6 Å². The maximum Gasteiger partial charge on any atom is 0.241 e. The second-order valence-corrected chi connectivity index (χ2v) is 2.87. The first kappa shape index (κ1) is 8.68. The number of nitrogens with one attached hydrogen (secondary N) is 1. The molecule has 0 bridgehead atoms. The molecule has 5 nitrogen and oxygen atoms in total. The maximum atomic E-state index is 11.0. The van der Waals surface area contributed by atoms with E-state index >= 15 is 0 Å². The van der Waals surface area contributed by atoms with Gasteiger partial charge in [-0.25, -0.2) is 5.43 Å². The number of hydrogen-bond acceptors (Lipinski definition) is 3. The summed E-state index contributed by atoms with van der Waals surface area (Å²) in [5, 5.41) is 8.15. The van der Waals surface area contributed by atoms with Crippen molar-refractivity contribution in [2.75, 3.05) is 5.43 Å². The van der Waals surface area contributed by atoms with Gasteiger partial charge in [0.15, 0.2) is 0 Å². The van der Waals surface area contributed by atoms with Gasteiger partial charge in [0, 0.05) is 6.42 Å². The van der Waals surface area contributed by atoms with Crippen molar-refractivity contribution in [1.29, 1.82) is 0 Å². The van der Waals surface area contributed by atoms with Crippen LogP contribution >= 0.6 is 0 Å². The molecule has 0 atom stereocenters. The summed E-state index contributed by atoms with van der Waals surface area (Å²) in [7, 11) is 0. The zero-order valence-electron chi connectivity index (χ0n) is 7.77. The number of hydrogen-bond donors (Lipinski definition) is 1. The third kappa shape index (κ3) is 1.56. The van der Waals surface area contributed by atoms with Crippen LogP contribution in [0.25, 0.3) is 11.0 Å². The molecule has 0 aliphatic heterocycles. The van der Waals surface area contributed by atoms with Crippen LogP contribution in [-0.4, -0.2) is 21.0 Å². The van der Waals surface area contributed by atoms with Gasteiger partial charge in [0.2, 0.25) is 5.91 Å². The van der Waals surface area contributed by atoms with Gasteiger partial charge in [-0.1, -0.05) is 24.0 Å². The summed E-state index contributed by atoms with van der Waals surface area (Å²) in [6, 6.07) is 7.44. The van der Waals surface area contributed by atoms with Crippen LogP contribution in [0.15, 0.2) is 24.3 Å². The predicted molar refractivity (Wildman–Crippen MR) is 52.2 cm³/mol. The van der Waals surface area contributed by atoms with Gasteiger partial charge in [-0.3, -0.25) is 4.79 Å². The quantitative estimate of drug-likeness (QED) is 0.765. The zero-order chi connectivity index (χ0) is 9.97. The molecule has 1 amide bonds. The van der Waals surface area contributed by atoms with Gasteiger partial charge in [-0.05, 0) is 12.1 Å². The van der Waals surface area contributed by atoms with Crippen LogP contribution in [0, 0.1) is 0 Å². The van der Waals surface area contributed by atoms with Crippen molar-refractivity contribution in [3.8, 4) is 0 Å². The number of amides is 1. The Hall–Kier alpha value is -1.91. The van der Waals surface area contributed by atoms with Gasteiger partial charge in [0.05, 0.1) is 0 Å². The van der Waals surface area contributed by atoms with Crippen molar-refractivity contribution in [1.82, 2.24) is 15.1 Å². The molecule has 1 aromatic heterocycles. The largest absolute Gasteiger partial charge is 0.273 e. The monoisotopic (exact) mass is 190 g/mol. The van der Waals surface area contributed by atoms with E-state index in [1.54, 1.807) is 6.92 Å². The van der Waals surface area contributed by atoms with Gasteiger partial charge in [-0.15, -0.1) is 10.2 Å². The fraction of sp³-hybridized carbons (Fsp3) is 0.222. The van der Waals surface area contributed by atoms with Gasteiger partial charge in [-0.2, -0.15) is 0 Å². The van der Waals surface area contributed by atoms with Crippen LogP contribution in [0.4, 0.5) is 0 Å². The van der Waals surface area contributed by atoms with Crippen LogP contribution in [0.2, 0.25) is 0 Å². The number of fused-ring (bicyclic) bond motifs is 1. The summed E-state index contributed by atoms with van der Waals surface area (Å²) in [6.45, 7) is 1.78. The number of rotatable bonds is 2. The minimum Gasteiger partial charge on any atom is -0.273 e. The molecule has 0 saturated heterocycles. The molecule has 72 valence electrons. The lowest BCUT2D eigenvalue weighted by atomic mass is 10.3. The first-order chi connectivity index (χ1) is 6.79. The SMILES string of the molecule is CCC(=O)Nn1nc2ccccc2n1. The molecule has 0 radical (unpaired) electrons. The molecule has 0 saturated carbocycles. The Labute approximate surface area is 80.7 Å². The molecule has 0 fully saturated rings. The lowest BCUT2D eigenvalue weighted by Crippen LogP contribution is -2.23. The molecule has 5 heteroatoms. The van der Waals surface area contributed by atoms with E-state index < -0.39 is 0 Å². The summed E-state index contributed by atoms with van der Waals surface area (Å²) in [6.07, 6.45) is 0.415. The zero-order valence-corrected chi connectivity index (χ0v) is 7.77. The Morgan fingerprint density at radius 3 is 2.43 bits per heavy atom. The van der Waals surface area contributed by atoms with Crippen molar-refractivity contribution in [3.05, 3.63) is 24.3 Å². The summed E-state index contributed by atoms with van der Waals surface area (Å²) in [5.41, 5.74) is 4.07. The van der Waals surface area contributed by atoms with Crippen LogP contribution < -0.4 is 5.43 Å². The molecule has 0 aliphatic rings.